The second-order valence-corrected chi connectivity index (χ2v) is 5.37. The first kappa shape index (κ1) is 14.9. The fourth-order valence-corrected chi connectivity index (χ4v) is 2.84. The summed E-state index contributed by atoms with van der Waals surface area (Å²) in [5.74, 6) is -0.393. The molecule has 8 nitrogen and oxygen atoms in total. The lowest BCUT2D eigenvalue weighted by atomic mass is 10.2. The van der Waals surface area contributed by atoms with Crippen molar-refractivity contribution >= 4 is 27.7 Å². The molecule has 0 amide bonds. The monoisotopic (exact) mass is 347 g/mol. The van der Waals surface area contributed by atoms with E-state index in [0.717, 1.165) is 0 Å². The summed E-state index contributed by atoms with van der Waals surface area (Å²) in [7, 11) is 0. The fourth-order valence-electron chi connectivity index (χ4n) is 2.02. The predicted molar refractivity (Wildman–Crippen MR) is 72.2 cm³/mol. The molecule has 1 saturated heterocycles. The Morgan fingerprint density at radius 1 is 1.70 bits per heavy atom. The summed E-state index contributed by atoms with van der Waals surface area (Å²) in [4.78, 5) is 26.0. The molecule has 1 aliphatic heterocycles. The van der Waals surface area contributed by atoms with Crippen LogP contribution in [0.25, 0.3) is 0 Å². The smallest absolute Gasteiger partial charge is 0.351 e. The topological polar surface area (TPSA) is 117 Å². The lowest BCUT2D eigenvalue weighted by molar-refractivity contribution is -0.150. The molecule has 0 aliphatic carbocycles. The fraction of sp³-hybridized carbons (Fsp3) is 0.545. The van der Waals surface area contributed by atoms with Gasteiger partial charge in [-0.2, -0.15) is 4.98 Å². The molecule has 0 unspecified atom stereocenters. The Hall–Kier alpha value is -1.45. The minimum Gasteiger partial charge on any atom is -0.458 e. The van der Waals surface area contributed by atoms with Crippen molar-refractivity contribution in [2.45, 2.75) is 30.2 Å². The number of carbonyl (C=O) groups is 1. The van der Waals surface area contributed by atoms with Crippen molar-refractivity contribution in [2.24, 2.45) is 0 Å². The number of esters is 1. The van der Waals surface area contributed by atoms with Crippen molar-refractivity contribution in [3.63, 3.8) is 0 Å². The highest BCUT2D eigenvalue weighted by Crippen LogP contribution is 2.35. The second-order valence-electron chi connectivity index (χ2n) is 4.31. The van der Waals surface area contributed by atoms with E-state index in [4.69, 9.17) is 15.2 Å². The van der Waals surface area contributed by atoms with Gasteiger partial charge in [0.1, 0.15) is 18.0 Å². The molecule has 0 spiro atoms. The molecule has 1 aliphatic rings. The number of anilines is 1. The molecule has 3 N–H and O–H groups in total. The van der Waals surface area contributed by atoms with Crippen LogP contribution in [0.5, 0.6) is 0 Å². The third kappa shape index (κ3) is 2.84. The first-order chi connectivity index (χ1) is 9.43. The molecule has 0 bridgehead atoms. The molecular weight excluding hydrogens is 334 g/mol. The van der Waals surface area contributed by atoms with E-state index in [2.05, 4.69) is 20.9 Å². The minimum atomic E-state index is -0.753. The van der Waals surface area contributed by atoms with E-state index >= 15 is 0 Å². The Bertz CT molecular complexity index is 563. The van der Waals surface area contributed by atoms with Crippen LogP contribution in [-0.4, -0.2) is 44.3 Å². The predicted octanol–water partition coefficient (Wildman–Crippen LogP) is -0.590. The molecule has 1 fully saturated rings. The average Bonchev–Trinajstić information content (AvgIpc) is 2.67. The van der Waals surface area contributed by atoms with Gasteiger partial charge in [-0.1, -0.05) is 15.9 Å². The van der Waals surface area contributed by atoms with Crippen molar-refractivity contribution in [1.29, 1.82) is 0 Å². The van der Waals surface area contributed by atoms with Crippen LogP contribution >= 0.6 is 15.9 Å². The Labute approximate surface area is 122 Å². The highest BCUT2D eigenvalue weighted by atomic mass is 79.9. The molecule has 9 heteroatoms. The average molecular weight is 348 g/mol. The number of nitrogens with two attached hydrogens (primary N) is 1. The summed E-state index contributed by atoms with van der Waals surface area (Å²) in [6.07, 6.45) is -0.740. The van der Waals surface area contributed by atoms with Gasteiger partial charge in [-0.3, -0.25) is 9.36 Å². The van der Waals surface area contributed by atoms with Gasteiger partial charge in [-0.05, 0) is 6.07 Å². The summed E-state index contributed by atoms with van der Waals surface area (Å²) < 4.78 is 11.9. The number of nitrogen functional groups attached to an aromatic ring is 1. The van der Waals surface area contributed by atoms with Gasteiger partial charge in [0.15, 0.2) is 6.23 Å². The highest BCUT2D eigenvalue weighted by molar-refractivity contribution is 9.09. The van der Waals surface area contributed by atoms with Gasteiger partial charge >= 0.3 is 11.7 Å². The SMILES string of the molecule is CC(=O)O[C@H]1[C@@H](Br)[C@H](n2ccc(N)nc2=O)O[C@@H]1CO. The van der Waals surface area contributed by atoms with Crippen LogP contribution in [0.3, 0.4) is 0 Å². The van der Waals surface area contributed by atoms with Crippen molar-refractivity contribution in [3.05, 3.63) is 22.7 Å². The Kier molecular flexibility index (Phi) is 4.41. The van der Waals surface area contributed by atoms with Crippen LogP contribution in [0.15, 0.2) is 17.1 Å². The van der Waals surface area contributed by atoms with E-state index in [-0.39, 0.29) is 12.4 Å². The minimum absolute atomic E-state index is 0.102. The normalized spacial score (nSPS) is 29.4. The molecular formula is C11H14BrN3O5. The number of aromatic nitrogens is 2. The summed E-state index contributed by atoms with van der Waals surface area (Å²) in [6.45, 7) is 0.923. The van der Waals surface area contributed by atoms with Crippen LogP contribution in [0.2, 0.25) is 0 Å². The Morgan fingerprint density at radius 3 is 2.95 bits per heavy atom. The number of halogens is 1. The second kappa shape index (κ2) is 5.90. The summed E-state index contributed by atoms with van der Waals surface area (Å²) in [6, 6.07) is 1.46. The molecule has 4 atom stereocenters. The number of hydrogen-bond donors (Lipinski definition) is 2. The Balaban J connectivity index is 2.29. The zero-order valence-electron chi connectivity index (χ0n) is 10.6. The summed E-state index contributed by atoms with van der Waals surface area (Å²) in [5.41, 5.74) is 4.84. The number of aliphatic hydroxyl groups excluding tert-OH is 1. The summed E-state index contributed by atoms with van der Waals surface area (Å²) in [5, 5.41) is 9.29. The van der Waals surface area contributed by atoms with E-state index in [9.17, 15) is 14.7 Å². The number of hydrogen-bond acceptors (Lipinski definition) is 7. The van der Waals surface area contributed by atoms with Gasteiger partial charge in [0.05, 0.1) is 11.4 Å². The lowest BCUT2D eigenvalue weighted by Gasteiger charge is -2.18. The van der Waals surface area contributed by atoms with Crippen molar-refractivity contribution in [3.8, 4) is 0 Å². The van der Waals surface area contributed by atoms with Crippen LogP contribution in [-0.2, 0) is 14.3 Å². The number of nitrogens with zero attached hydrogens (tertiary/aromatic N) is 2. The molecule has 0 saturated carbocycles. The van der Waals surface area contributed by atoms with Gasteiger partial charge in [-0.15, -0.1) is 0 Å². The van der Waals surface area contributed by atoms with Crippen LogP contribution in [0, 0.1) is 0 Å². The maximum atomic E-state index is 11.8. The third-order valence-electron chi connectivity index (χ3n) is 2.87. The van der Waals surface area contributed by atoms with Crippen molar-refractivity contribution < 1.29 is 19.4 Å². The molecule has 1 aromatic heterocycles. The number of rotatable bonds is 3. The van der Waals surface area contributed by atoms with E-state index in [1.807, 2.05) is 0 Å². The lowest BCUT2D eigenvalue weighted by Crippen LogP contribution is -2.35. The molecule has 2 heterocycles. The molecule has 110 valence electrons. The van der Waals surface area contributed by atoms with Crippen LogP contribution in [0.1, 0.15) is 13.2 Å². The van der Waals surface area contributed by atoms with Gasteiger partial charge in [0, 0.05) is 13.1 Å². The highest BCUT2D eigenvalue weighted by Gasteiger charge is 2.46. The van der Waals surface area contributed by atoms with E-state index < -0.39 is 34.9 Å². The first-order valence-electron chi connectivity index (χ1n) is 5.86. The van der Waals surface area contributed by atoms with E-state index in [1.165, 1.54) is 23.8 Å². The van der Waals surface area contributed by atoms with Gasteiger partial charge < -0.3 is 20.3 Å². The zero-order chi connectivity index (χ0) is 14.9. The number of aliphatic hydroxyl groups is 1. The summed E-state index contributed by atoms with van der Waals surface area (Å²) >= 11 is 3.34. The maximum absolute atomic E-state index is 11.8. The zero-order valence-corrected chi connectivity index (χ0v) is 12.2. The number of ether oxygens (including phenoxy) is 2. The largest absolute Gasteiger partial charge is 0.458 e. The molecule has 0 aromatic carbocycles. The standard InChI is InChI=1S/C11H14BrN3O5/c1-5(17)19-9-6(4-16)20-10(8(9)12)15-3-2-7(13)14-11(15)18/h2-3,6,8-10,16H,4H2,1H3,(H2,13,14,18)/t6-,8-,9-,10-/m1/s1. The van der Waals surface area contributed by atoms with E-state index in [0.29, 0.717) is 0 Å². The van der Waals surface area contributed by atoms with Crippen LogP contribution in [0.4, 0.5) is 5.82 Å². The Morgan fingerprint density at radius 2 is 2.40 bits per heavy atom. The quantitative estimate of drug-likeness (QED) is 0.554. The number of carbonyl (C=O) groups excluding carboxylic acids is 1. The number of alkyl halides is 1. The molecule has 20 heavy (non-hydrogen) atoms. The van der Waals surface area contributed by atoms with Crippen molar-refractivity contribution in [2.75, 3.05) is 12.3 Å². The third-order valence-corrected chi connectivity index (χ3v) is 3.85. The molecule has 2 rings (SSSR count). The van der Waals surface area contributed by atoms with Gasteiger partial charge in [0.25, 0.3) is 0 Å². The van der Waals surface area contributed by atoms with Crippen LogP contribution < -0.4 is 11.4 Å². The first-order valence-corrected chi connectivity index (χ1v) is 6.78. The van der Waals surface area contributed by atoms with Crippen molar-refractivity contribution in [1.82, 2.24) is 9.55 Å². The van der Waals surface area contributed by atoms with Gasteiger partial charge in [-0.25, -0.2) is 4.79 Å². The van der Waals surface area contributed by atoms with Gasteiger partial charge in [0.2, 0.25) is 0 Å². The van der Waals surface area contributed by atoms with E-state index in [1.54, 1.807) is 0 Å². The molecule has 1 aromatic rings. The molecule has 0 radical (unpaired) electrons. The maximum Gasteiger partial charge on any atom is 0.351 e.